The Morgan fingerprint density at radius 1 is 1.42 bits per heavy atom. The van der Waals surface area contributed by atoms with Crippen LogP contribution in [0.5, 0.6) is 0 Å². The molecule has 0 radical (unpaired) electrons. The van der Waals surface area contributed by atoms with Crippen LogP contribution < -0.4 is 0 Å². The van der Waals surface area contributed by atoms with E-state index in [0.717, 1.165) is 19.4 Å². The van der Waals surface area contributed by atoms with Crippen molar-refractivity contribution in [3.8, 4) is 0 Å². The van der Waals surface area contributed by atoms with E-state index in [9.17, 15) is 4.79 Å². The van der Waals surface area contributed by atoms with Crippen molar-refractivity contribution in [2.24, 2.45) is 17.3 Å². The van der Waals surface area contributed by atoms with Crippen LogP contribution in [0.15, 0.2) is 0 Å². The second kappa shape index (κ2) is 6.23. The van der Waals surface area contributed by atoms with E-state index in [1.54, 1.807) is 0 Å². The lowest BCUT2D eigenvalue weighted by molar-refractivity contribution is -0.142. The molecule has 2 fully saturated rings. The third kappa shape index (κ3) is 3.29. The highest BCUT2D eigenvalue weighted by molar-refractivity contribution is 5.69. The van der Waals surface area contributed by atoms with Crippen LogP contribution in [0.4, 0.5) is 0 Å². The highest BCUT2D eigenvalue weighted by atomic mass is 16.7. The van der Waals surface area contributed by atoms with Crippen molar-refractivity contribution in [1.82, 2.24) is 0 Å². The highest BCUT2D eigenvalue weighted by Crippen LogP contribution is 2.50. The van der Waals surface area contributed by atoms with Crippen molar-refractivity contribution in [3.05, 3.63) is 0 Å². The van der Waals surface area contributed by atoms with E-state index in [1.807, 2.05) is 6.92 Å². The average molecular weight is 270 g/mol. The van der Waals surface area contributed by atoms with Gasteiger partial charge in [-0.2, -0.15) is 0 Å². The van der Waals surface area contributed by atoms with Gasteiger partial charge in [-0.25, -0.2) is 0 Å². The minimum Gasteiger partial charge on any atom is -0.469 e. The molecule has 1 saturated heterocycles. The Morgan fingerprint density at radius 2 is 2.21 bits per heavy atom. The fourth-order valence-corrected chi connectivity index (χ4v) is 3.83. The molecule has 1 aliphatic carbocycles. The summed E-state index contributed by atoms with van der Waals surface area (Å²) in [6.07, 6.45) is 4.98. The summed E-state index contributed by atoms with van der Waals surface area (Å²) in [5, 5.41) is 0. The van der Waals surface area contributed by atoms with Gasteiger partial charge in [0.25, 0.3) is 0 Å². The van der Waals surface area contributed by atoms with E-state index in [4.69, 9.17) is 14.2 Å². The molecule has 19 heavy (non-hydrogen) atoms. The Morgan fingerprint density at radius 3 is 2.89 bits per heavy atom. The highest BCUT2D eigenvalue weighted by Gasteiger charge is 2.47. The summed E-state index contributed by atoms with van der Waals surface area (Å²) in [6, 6.07) is 0. The van der Waals surface area contributed by atoms with Crippen molar-refractivity contribution < 1.29 is 19.0 Å². The minimum atomic E-state index is -0.0826. The van der Waals surface area contributed by atoms with E-state index in [-0.39, 0.29) is 17.7 Å². The van der Waals surface area contributed by atoms with Crippen LogP contribution in [-0.2, 0) is 19.0 Å². The van der Waals surface area contributed by atoms with Gasteiger partial charge in [-0.1, -0.05) is 13.3 Å². The zero-order valence-electron chi connectivity index (χ0n) is 12.3. The average Bonchev–Trinajstić information content (AvgIpc) is 2.98. The summed E-state index contributed by atoms with van der Waals surface area (Å²) in [6.45, 7) is 5.72. The third-order valence-corrected chi connectivity index (χ3v) is 4.80. The van der Waals surface area contributed by atoms with Gasteiger partial charge in [-0.3, -0.25) is 4.79 Å². The monoisotopic (exact) mass is 270 g/mol. The van der Waals surface area contributed by atoms with Gasteiger partial charge in [0.2, 0.25) is 0 Å². The zero-order valence-corrected chi connectivity index (χ0v) is 12.3. The van der Waals surface area contributed by atoms with Crippen LogP contribution in [0.1, 0.15) is 46.0 Å². The Balaban J connectivity index is 1.97. The Kier molecular flexibility index (Phi) is 4.85. The number of rotatable bonds is 5. The van der Waals surface area contributed by atoms with E-state index < -0.39 is 0 Å². The smallest absolute Gasteiger partial charge is 0.305 e. The first-order chi connectivity index (χ1) is 9.09. The van der Waals surface area contributed by atoms with E-state index in [2.05, 4.69) is 6.92 Å². The predicted molar refractivity (Wildman–Crippen MR) is 71.6 cm³/mol. The second-order valence-corrected chi connectivity index (χ2v) is 6.13. The molecule has 4 atom stereocenters. The van der Waals surface area contributed by atoms with Crippen LogP contribution in [-0.4, -0.2) is 32.6 Å². The lowest BCUT2D eigenvalue weighted by Gasteiger charge is -2.34. The number of ether oxygens (including phenoxy) is 3. The molecule has 1 aliphatic heterocycles. The quantitative estimate of drug-likeness (QED) is 0.721. The molecule has 0 N–H and O–H groups in total. The fourth-order valence-electron chi connectivity index (χ4n) is 3.83. The molecule has 2 aliphatic rings. The summed E-state index contributed by atoms with van der Waals surface area (Å²) in [7, 11) is 1.47. The topological polar surface area (TPSA) is 44.8 Å². The SMILES string of the molecule is CCOC1CC(C)(C2CCCC2CC(=O)OC)CO1. The van der Waals surface area contributed by atoms with Gasteiger partial charge in [-0.05, 0) is 37.0 Å². The number of methoxy groups -OCH3 is 1. The summed E-state index contributed by atoms with van der Waals surface area (Å²) in [5.41, 5.74) is 0.148. The molecule has 0 amide bonds. The van der Waals surface area contributed by atoms with Gasteiger partial charge >= 0.3 is 5.97 Å². The summed E-state index contributed by atoms with van der Waals surface area (Å²) in [4.78, 5) is 11.5. The normalized spacial score (nSPS) is 38.6. The number of esters is 1. The zero-order chi connectivity index (χ0) is 13.9. The molecule has 0 spiro atoms. The largest absolute Gasteiger partial charge is 0.469 e. The molecular formula is C15H26O4. The first kappa shape index (κ1) is 14.8. The van der Waals surface area contributed by atoms with Gasteiger partial charge in [0.1, 0.15) is 0 Å². The predicted octanol–water partition coefficient (Wildman–Crippen LogP) is 2.76. The maximum Gasteiger partial charge on any atom is 0.305 e. The van der Waals surface area contributed by atoms with Gasteiger partial charge in [0.15, 0.2) is 6.29 Å². The van der Waals surface area contributed by atoms with Crippen LogP contribution in [0.25, 0.3) is 0 Å². The van der Waals surface area contributed by atoms with Gasteiger partial charge in [0, 0.05) is 19.4 Å². The molecule has 0 aromatic carbocycles. The third-order valence-electron chi connectivity index (χ3n) is 4.80. The van der Waals surface area contributed by atoms with Crippen molar-refractivity contribution in [2.45, 2.75) is 52.2 Å². The molecule has 1 saturated carbocycles. The summed E-state index contributed by atoms with van der Waals surface area (Å²) >= 11 is 0. The Hall–Kier alpha value is -0.610. The molecular weight excluding hydrogens is 244 g/mol. The summed E-state index contributed by atoms with van der Waals surface area (Å²) in [5.74, 6) is 0.916. The van der Waals surface area contributed by atoms with Gasteiger partial charge in [-0.15, -0.1) is 0 Å². The number of hydrogen-bond acceptors (Lipinski definition) is 4. The molecule has 4 heteroatoms. The number of hydrogen-bond donors (Lipinski definition) is 0. The van der Waals surface area contributed by atoms with E-state index in [0.29, 0.717) is 24.9 Å². The number of carbonyl (C=O) groups is 1. The Labute approximate surface area is 115 Å². The number of carbonyl (C=O) groups excluding carboxylic acids is 1. The van der Waals surface area contributed by atoms with Crippen molar-refractivity contribution in [1.29, 1.82) is 0 Å². The molecule has 4 unspecified atom stereocenters. The molecule has 2 rings (SSSR count). The van der Waals surface area contributed by atoms with E-state index >= 15 is 0 Å². The maximum absolute atomic E-state index is 11.5. The van der Waals surface area contributed by atoms with Crippen LogP contribution >= 0.6 is 0 Å². The minimum absolute atomic E-state index is 0.0608. The van der Waals surface area contributed by atoms with Gasteiger partial charge < -0.3 is 14.2 Å². The van der Waals surface area contributed by atoms with Crippen LogP contribution in [0, 0.1) is 17.3 Å². The summed E-state index contributed by atoms with van der Waals surface area (Å²) < 4.78 is 16.2. The van der Waals surface area contributed by atoms with Crippen molar-refractivity contribution in [2.75, 3.05) is 20.3 Å². The maximum atomic E-state index is 11.5. The standard InChI is InChI=1S/C15H26O4/c1-4-18-14-9-15(2,10-19-14)12-7-5-6-11(12)8-13(16)17-3/h11-12,14H,4-10H2,1-3H3. The van der Waals surface area contributed by atoms with Gasteiger partial charge in [0.05, 0.1) is 13.7 Å². The molecule has 110 valence electrons. The first-order valence-electron chi connectivity index (χ1n) is 7.39. The molecule has 0 aromatic heterocycles. The molecule has 0 bridgehead atoms. The first-order valence-corrected chi connectivity index (χ1v) is 7.39. The molecule has 0 aromatic rings. The van der Waals surface area contributed by atoms with Crippen LogP contribution in [0.3, 0.4) is 0 Å². The fraction of sp³-hybridized carbons (Fsp3) is 0.933. The lowest BCUT2D eigenvalue weighted by Crippen LogP contribution is -2.32. The van der Waals surface area contributed by atoms with E-state index in [1.165, 1.54) is 20.0 Å². The lowest BCUT2D eigenvalue weighted by atomic mass is 9.70. The van der Waals surface area contributed by atoms with Crippen LogP contribution in [0.2, 0.25) is 0 Å². The van der Waals surface area contributed by atoms with Crippen molar-refractivity contribution in [3.63, 3.8) is 0 Å². The molecule has 1 heterocycles. The Bertz CT molecular complexity index is 317. The second-order valence-electron chi connectivity index (χ2n) is 6.13. The van der Waals surface area contributed by atoms with Crippen molar-refractivity contribution >= 4 is 5.97 Å². The molecule has 4 nitrogen and oxygen atoms in total.